The number of rotatable bonds is 5. The first kappa shape index (κ1) is 14.1. The number of para-hydroxylation sites is 1. The fourth-order valence-corrected chi connectivity index (χ4v) is 1.85. The number of benzene rings is 2. The number of carboxylic acid groups (broad SMARTS) is 1. The fourth-order valence-electron chi connectivity index (χ4n) is 1.66. The van der Waals surface area contributed by atoms with Gasteiger partial charge < -0.3 is 9.84 Å². The second-order valence-electron chi connectivity index (χ2n) is 4.02. The third kappa shape index (κ3) is 3.36. The van der Waals surface area contributed by atoms with Gasteiger partial charge in [-0.15, -0.1) is 0 Å². The van der Waals surface area contributed by atoms with Crippen LogP contribution < -0.4 is 4.74 Å². The Morgan fingerprint density at radius 3 is 2.55 bits per heavy atom. The summed E-state index contributed by atoms with van der Waals surface area (Å²) in [5.41, 5.74) is 0.441. The number of hydrogen-bond donors (Lipinski definition) is 1. The normalized spacial score (nSPS) is 10.1. The molecule has 2 aromatic carbocycles. The minimum Gasteiger partial charge on any atom is -0.485 e. The molecule has 0 saturated carbocycles. The summed E-state index contributed by atoms with van der Waals surface area (Å²) in [6, 6.07) is 12.7. The predicted molar refractivity (Wildman–Crippen MR) is 74.7 cm³/mol. The molecule has 4 nitrogen and oxygen atoms in total. The van der Waals surface area contributed by atoms with Crippen LogP contribution in [0, 0.1) is 0 Å². The van der Waals surface area contributed by atoms with Crippen LogP contribution in [0.2, 0.25) is 5.02 Å². The average Bonchev–Trinajstić information content (AvgIpc) is 2.45. The van der Waals surface area contributed by atoms with Crippen LogP contribution in [-0.4, -0.2) is 23.5 Å². The number of aromatic carboxylic acids is 1. The molecule has 20 heavy (non-hydrogen) atoms. The average molecular weight is 291 g/mol. The molecule has 2 aromatic rings. The number of ether oxygens (including phenoxy) is 1. The second-order valence-corrected chi connectivity index (χ2v) is 4.46. The first-order valence-corrected chi connectivity index (χ1v) is 6.19. The maximum atomic E-state index is 11.9. The Kier molecular flexibility index (Phi) is 4.38. The molecular formula is C15H11ClO4. The lowest BCUT2D eigenvalue weighted by molar-refractivity contribution is 0.0689. The zero-order chi connectivity index (χ0) is 14.5. The van der Waals surface area contributed by atoms with Crippen molar-refractivity contribution in [2.24, 2.45) is 0 Å². The number of hydrogen-bond acceptors (Lipinski definition) is 3. The van der Waals surface area contributed by atoms with Crippen molar-refractivity contribution in [1.82, 2.24) is 0 Å². The summed E-state index contributed by atoms with van der Waals surface area (Å²) in [5, 5.41) is 9.46. The van der Waals surface area contributed by atoms with Gasteiger partial charge in [0.25, 0.3) is 0 Å². The summed E-state index contributed by atoms with van der Waals surface area (Å²) in [7, 11) is 0. The third-order valence-electron chi connectivity index (χ3n) is 2.62. The van der Waals surface area contributed by atoms with Gasteiger partial charge in [-0.25, -0.2) is 4.79 Å². The van der Waals surface area contributed by atoms with Gasteiger partial charge >= 0.3 is 5.97 Å². The second kappa shape index (κ2) is 6.21. The van der Waals surface area contributed by atoms with Crippen LogP contribution in [0.4, 0.5) is 0 Å². The smallest absolute Gasteiger partial charge is 0.339 e. The van der Waals surface area contributed by atoms with Crippen LogP contribution in [-0.2, 0) is 0 Å². The molecule has 5 heteroatoms. The number of carbonyl (C=O) groups is 2. The standard InChI is InChI=1S/C15H11ClO4/c16-11-5-3-4-10(8-11)13(17)9-20-14-7-2-1-6-12(14)15(18)19/h1-8H,9H2,(H,18,19). The molecule has 1 N–H and O–H groups in total. The van der Waals surface area contributed by atoms with Crippen molar-refractivity contribution < 1.29 is 19.4 Å². The van der Waals surface area contributed by atoms with E-state index >= 15 is 0 Å². The molecule has 0 aliphatic rings. The summed E-state index contributed by atoms with van der Waals surface area (Å²) < 4.78 is 5.28. The van der Waals surface area contributed by atoms with E-state index in [1.807, 2.05) is 0 Å². The van der Waals surface area contributed by atoms with Crippen LogP contribution in [0.15, 0.2) is 48.5 Å². The van der Waals surface area contributed by atoms with Crippen LogP contribution >= 0.6 is 11.6 Å². The minimum atomic E-state index is -1.10. The van der Waals surface area contributed by atoms with Gasteiger partial charge in [0.05, 0.1) is 0 Å². The SMILES string of the molecule is O=C(COc1ccccc1C(=O)O)c1cccc(Cl)c1. The van der Waals surface area contributed by atoms with E-state index in [2.05, 4.69) is 0 Å². The first-order valence-electron chi connectivity index (χ1n) is 5.82. The molecule has 0 aliphatic heterocycles. The lowest BCUT2D eigenvalue weighted by Gasteiger charge is -2.08. The van der Waals surface area contributed by atoms with Gasteiger partial charge in [0, 0.05) is 10.6 Å². The van der Waals surface area contributed by atoms with E-state index < -0.39 is 5.97 Å². The Hall–Kier alpha value is -2.33. The van der Waals surface area contributed by atoms with Gasteiger partial charge in [0.2, 0.25) is 0 Å². The lowest BCUT2D eigenvalue weighted by Crippen LogP contribution is -2.13. The van der Waals surface area contributed by atoms with E-state index in [9.17, 15) is 9.59 Å². The Labute approximate surface area is 120 Å². The molecule has 0 aromatic heterocycles. The topological polar surface area (TPSA) is 63.6 Å². The van der Waals surface area contributed by atoms with Crippen molar-refractivity contribution in [2.45, 2.75) is 0 Å². The number of Topliss-reactive ketones (excluding diaryl/α,β-unsaturated/α-hetero) is 1. The number of carbonyl (C=O) groups excluding carboxylic acids is 1. The van der Waals surface area contributed by atoms with Crippen molar-refractivity contribution in [3.8, 4) is 5.75 Å². The summed E-state index contributed by atoms with van der Waals surface area (Å²) >= 11 is 5.80. The highest BCUT2D eigenvalue weighted by Crippen LogP contribution is 2.18. The van der Waals surface area contributed by atoms with E-state index in [-0.39, 0.29) is 23.7 Å². The van der Waals surface area contributed by atoms with Crippen molar-refractivity contribution in [2.75, 3.05) is 6.61 Å². The van der Waals surface area contributed by atoms with Crippen LogP contribution in [0.1, 0.15) is 20.7 Å². The molecule has 0 aliphatic carbocycles. The Bertz CT molecular complexity index is 652. The molecule has 0 bridgehead atoms. The molecule has 2 rings (SSSR count). The Balaban J connectivity index is 2.09. The van der Waals surface area contributed by atoms with Crippen molar-refractivity contribution in [1.29, 1.82) is 0 Å². The van der Waals surface area contributed by atoms with Gasteiger partial charge in [0.1, 0.15) is 11.3 Å². The monoisotopic (exact) mass is 290 g/mol. The molecule has 102 valence electrons. The molecule has 0 radical (unpaired) electrons. The van der Waals surface area contributed by atoms with E-state index in [1.165, 1.54) is 18.2 Å². The quantitative estimate of drug-likeness (QED) is 0.858. The van der Waals surface area contributed by atoms with E-state index in [0.29, 0.717) is 10.6 Å². The summed E-state index contributed by atoms with van der Waals surface area (Å²) in [6.07, 6.45) is 0. The van der Waals surface area contributed by atoms with Crippen molar-refractivity contribution in [3.63, 3.8) is 0 Å². The van der Waals surface area contributed by atoms with Crippen LogP contribution in [0.25, 0.3) is 0 Å². The van der Waals surface area contributed by atoms with E-state index in [4.69, 9.17) is 21.4 Å². The molecule has 0 heterocycles. The summed E-state index contributed by atoms with van der Waals surface area (Å²) in [4.78, 5) is 22.9. The zero-order valence-corrected chi connectivity index (χ0v) is 11.1. The number of ketones is 1. The van der Waals surface area contributed by atoms with Crippen molar-refractivity contribution in [3.05, 3.63) is 64.7 Å². The highest BCUT2D eigenvalue weighted by atomic mass is 35.5. The third-order valence-corrected chi connectivity index (χ3v) is 2.86. The van der Waals surface area contributed by atoms with Gasteiger partial charge in [-0.3, -0.25) is 4.79 Å². The predicted octanol–water partition coefficient (Wildman–Crippen LogP) is 3.30. The van der Waals surface area contributed by atoms with Gasteiger partial charge in [-0.05, 0) is 24.3 Å². The van der Waals surface area contributed by atoms with Crippen LogP contribution in [0.3, 0.4) is 0 Å². The number of carboxylic acids is 1. The fraction of sp³-hybridized carbons (Fsp3) is 0.0667. The molecule has 0 saturated heterocycles. The maximum absolute atomic E-state index is 11.9. The zero-order valence-electron chi connectivity index (χ0n) is 10.4. The first-order chi connectivity index (χ1) is 9.58. The molecule has 0 fully saturated rings. The molecule has 0 spiro atoms. The molecule has 0 atom stereocenters. The number of halogens is 1. The summed E-state index contributed by atoms with van der Waals surface area (Å²) in [6.45, 7) is -0.245. The minimum absolute atomic E-state index is 0.0198. The van der Waals surface area contributed by atoms with E-state index in [0.717, 1.165) is 0 Å². The molecule has 0 unspecified atom stereocenters. The van der Waals surface area contributed by atoms with Crippen molar-refractivity contribution >= 4 is 23.4 Å². The maximum Gasteiger partial charge on any atom is 0.339 e. The lowest BCUT2D eigenvalue weighted by atomic mass is 10.1. The Morgan fingerprint density at radius 1 is 1.10 bits per heavy atom. The summed E-state index contributed by atoms with van der Waals surface area (Å²) in [5.74, 6) is -1.21. The Morgan fingerprint density at radius 2 is 1.85 bits per heavy atom. The van der Waals surface area contributed by atoms with Crippen LogP contribution in [0.5, 0.6) is 5.75 Å². The van der Waals surface area contributed by atoms with Gasteiger partial charge in [-0.2, -0.15) is 0 Å². The van der Waals surface area contributed by atoms with E-state index in [1.54, 1.807) is 30.3 Å². The highest BCUT2D eigenvalue weighted by molar-refractivity contribution is 6.31. The molecule has 0 amide bonds. The highest BCUT2D eigenvalue weighted by Gasteiger charge is 2.12. The largest absolute Gasteiger partial charge is 0.485 e. The van der Waals surface area contributed by atoms with Gasteiger partial charge in [0.15, 0.2) is 12.4 Å². The van der Waals surface area contributed by atoms with Gasteiger partial charge in [-0.1, -0.05) is 35.9 Å². The molecular weight excluding hydrogens is 280 g/mol.